The van der Waals surface area contributed by atoms with Gasteiger partial charge in [-0.15, -0.1) is 12.8 Å². The summed E-state index contributed by atoms with van der Waals surface area (Å²) in [5.41, 5.74) is -2.90. The molecule has 0 aliphatic heterocycles. The standard InChI is InChI=1S/C10H9FO4/c1-4-6-14-8(12)10(3,11)9(13)15-7-5-2/h1-2H,6-7H2,3H3. The molecule has 0 heterocycles. The van der Waals surface area contributed by atoms with Crippen molar-refractivity contribution in [2.24, 2.45) is 0 Å². The SMILES string of the molecule is C#CCOC(=O)C(C)(F)C(=O)OCC#C. The van der Waals surface area contributed by atoms with Gasteiger partial charge in [-0.1, -0.05) is 11.8 Å². The molecule has 0 aromatic heterocycles. The van der Waals surface area contributed by atoms with E-state index < -0.39 is 30.8 Å². The minimum absolute atomic E-state index is 0.416. The fourth-order valence-corrected chi connectivity index (χ4v) is 0.569. The molecule has 0 saturated carbocycles. The lowest BCUT2D eigenvalue weighted by Gasteiger charge is -2.15. The van der Waals surface area contributed by atoms with Crippen LogP contribution in [0.2, 0.25) is 0 Å². The van der Waals surface area contributed by atoms with Gasteiger partial charge >= 0.3 is 11.9 Å². The Hall–Kier alpha value is -2.01. The van der Waals surface area contributed by atoms with E-state index in [0.29, 0.717) is 6.92 Å². The lowest BCUT2D eigenvalue weighted by atomic mass is 10.1. The summed E-state index contributed by atoms with van der Waals surface area (Å²) in [6.07, 6.45) is 9.57. The molecule has 0 saturated heterocycles. The summed E-state index contributed by atoms with van der Waals surface area (Å²) < 4.78 is 21.9. The van der Waals surface area contributed by atoms with E-state index in [9.17, 15) is 14.0 Å². The number of carbonyl (C=O) groups is 2. The molecule has 4 nitrogen and oxygen atoms in total. The van der Waals surface area contributed by atoms with Crippen molar-refractivity contribution >= 4 is 11.9 Å². The number of ether oxygens (including phenoxy) is 2. The first kappa shape index (κ1) is 13.0. The van der Waals surface area contributed by atoms with Crippen LogP contribution in [0.1, 0.15) is 6.92 Å². The zero-order valence-electron chi connectivity index (χ0n) is 8.08. The average Bonchev–Trinajstić information content (AvgIpc) is 2.21. The highest BCUT2D eigenvalue weighted by atomic mass is 19.1. The first-order chi connectivity index (χ1) is 6.96. The lowest BCUT2D eigenvalue weighted by molar-refractivity contribution is -0.171. The molecule has 0 bridgehead atoms. The molecule has 0 aromatic rings. The van der Waals surface area contributed by atoms with E-state index in [2.05, 4.69) is 9.47 Å². The minimum Gasteiger partial charge on any atom is -0.450 e. The molecule has 0 rings (SSSR count). The van der Waals surface area contributed by atoms with Gasteiger partial charge in [0.15, 0.2) is 13.2 Å². The molecule has 0 unspecified atom stereocenters. The zero-order valence-corrected chi connectivity index (χ0v) is 8.08. The Balaban J connectivity index is 4.40. The summed E-state index contributed by atoms with van der Waals surface area (Å²) in [4.78, 5) is 22.0. The third-order valence-electron chi connectivity index (χ3n) is 1.34. The first-order valence-corrected chi connectivity index (χ1v) is 3.87. The molecule has 0 amide bonds. The fourth-order valence-electron chi connectivity index (χ4n) is 0.569. The van der Waals surface area contributed by atoms with Gasteiger partial charge < -0.3 is 9.47 Å². The largest absolute Gasteiger partial charge is 0.450 e. The summed E-state index contributed by atoms with van der Waals surface area (Å²) in [7, 11) is 0. The smallest absolute Gasteiger partial charge is 0.356 e. The van der Waals surface area contributed by atoms with Crippen LogP contribution < -0.4 is 0 Å². The van der Waals surface area contributed by atoms with Gasteiger partial charge in [0.2, 0.25) is 0 Å². The van der Waals surface area contributed by atoms with Gasteiger partial charge in [-0.05, 0) is 6.92 Å². The quantitative estimate of drug-likeness (QED) is 0.376. The van der Waals surface area contributed by atoms with Gasteiger partial charge in [0, 0.05) is 0 Å². The molecule has 0 radical (unpaired) electrons. The fraction of sp³-hybridized carbons (Fsp3) is 0.400. The van der Waals surface area contributed by atoms with Crippen molar-refractivity contribution in [3.8, 4) is 24.7 Å². The van der Waals surface area contributed by atoms with Crippen LogP contribution >= 0.6 is 0 Å². The van der Waals surface area contributed by atoms with Gasteiger partial charge in [0.25, 0.3) is 5.67 Å². The summed E-state index contributed by atoms with van der Waals surface area (Å²) in [5.74, 6) is 1.12. The Morgan fingerprint density at radius 2 is 1.53 bits per heavy atom. The Labute approximate surface area is 86.7 Å². The average molecular weight is 212 g/mol. The molecule has 0 aliphatic rings. The third kappa shape index (κ3) is 3.70. The van der Waals surface area contributed by atoms with Crippen LogP contribution in [0, 0.1) is 24.7 Å². The second-order valence-corrected chi connectivity index (χ2v) is 2.56. The first-order valence-electron chi connectivity index (χ1n) is 3.87. The number of carbonyl (C=O) groups excluding carboxylic acids is 2. The summed E-state index contributed by atoms with van der Waals surface area (Å²) in [6.45, 7) is -0.119. The normalized spacial score (nSPS) is 9.60. The van der Waals surface area contributed by atoms with Crippen molar-refractivity contribution in [1.82, 2.24) is 0 Å². The molecular weight excluding hydrogens is 203 g/mol. The monoisotopic (exact) mass is 212 g/mol. The van der Waals surface area contributed by atoms with E-state index in [1.54, 1.807) is 0 Å². The number of alkyl halides is 1. The van der Waals surface area contributed by atoms with Crippen LogP contribution in [0.15, 0.2) is 0 Å². The summed E-state index contributed by atoms with van der Waals surface area (Å²) in [6, 6.07) is 0. The number of hydrogen-bond donors (Lipinski definition) is 0. The third-order valence-corrected chi connectivity index (χ3v) is 1.34. The Kier molecular flexibility index (Phi) is 4.90. The van der Waals surface area contributed by atoms with Crippen molar-refractivity contribution in [1.29, 1.82) is 0 Å². The second kappa shape index (κ2) is 5.66. The lowest BCUT2D eigenvalue weighted by Crippen LogP contribution is -2.42. The Morgan fingerprint density at radius 3 is 1.80 bits per heavy atom. The number of terminal acetylenes is 2. The second-order valence-electron chi connectivity index (χ2n) is 2.56. The molecule has 80 valence electrons. The molecule has 0 N–H and O–H groups in total. The minimum atomic E-state index is -2.90. The topological polar surface area (TPSA) is 52.6 Å². The Morgan fingerprint density at radius 1 is 1.20 bits per heavy atom. The van der Waals surface area contributed by atoms with E-state index in [4.69, 9.17) is 12.8 Å². The summed E-state index contributed by atoms with van der Waals surface area (Å²) in [5, 5.41) is 0. The van der Waals surface area contributed by atoms with Gasteiger partial charge in [0.05, 0.1) is 0 Å². The number of hydrogen-bond acceptors (Lipinski definition) is 4. The van der Waals surface area contributed by atoms with Gasteiger partial charge in [-0.25, -0.2) is 14.0 Å². The van der Waals surface area contributed by atoms with Crippen LogP contribution in [0.5, 0.6) is 0 Å². The van der Waals surface area contributed by atoms with E-state index in [1.807, 2.05) is 11.8 Å². The van der Waals surface area contributed by atoms with E-state index in [1.165, 1.54) is 0 Å². The highest BCUT2D eigenvalue weighted by Gasteiger charge is 2.45. The highest BCUT2D eigenvalue weighted by molar-refractivity contribution is 6.03. The molecule has 5 heteroatoms. The van der Waals surface area contributed by atoms with Crippen LogP contribution in [0.3, 0.4) is 0 Å². The van der Waals surface area contributed by atoms with Crippen LogP contribution in [-0.4, -0.2) is 30.8 Å². The van der Waals surface area contributed by atoms with Gasteiger partial charge in [-0.2, -0.15) is 0 Å². The molecule has 0 spiro atoms. The van der Waals surface area contributed by atoms with Crippen molar-refractivity contribution in [2.45, 2.75) is 12.6 Å². The predicted octanol–water partition coefficient (Wildman–Crippen LogP) is 0.0674. The van der Waals surface area contributed by atoms with Crippen LogP contribution in [0.25, 0.3) is 0 Å². The molecule has 0 fully saturated rings. The molecule has 0 atom stereocenters. The van der Waals surface area contributed by atoms with E-state index >= 15 is 0 Å². The maximum absolute atomic E-state index is 13.4. The van der Waals surface area contributed by atoms with Crippen molar-refractivity contribution in [3.05, 3.63) is 0 Å². The van der Waals surface area contributed by atoms with Gasteiger partial charge in [0.1, 0.15) is 0 Å². The maximum atomic E-state index is 13.4. The van der Waals surface area contributed by atoms with E-state index in [-0.39, 0.29) is 0 Å². The van der Waals surface area contributed by atoms with Crippen molar-refractivity contribution < 1.29 is 23.5 Å². The van der Waals surface area contributed by atoms with E-state index in [0.717, 1.165) is 0 Å². The molecular formula is C10H9FO4. The summed E-state index contributed by atoms with van der Waals surface area (Å²) >= 11 is 0. The zero-order chi connectivity index (χ0) is 11.9. The number of halogens is 1. The number of rotatable bonds is 4. The predicted molar refractivity (Wildman–Crippen MR) is 49.1 cm³/mol. The van der Waals surface area contributed by atoms with Crippen LogP contribution in [-0.2, 0) is 19.1 Å². The van der Waals surface area contributed by atoms with Crippen molar-refractivity contribution in [3.63, 3.8) is 0 Å². The Bertz CT molecular complexity index is 300. The molecule has 15 heavy (non-hydrogen) atoms. The molecule has 0 aliphatic carbocycles. The highest BCUT2D eigenvalue weighted by Crippen LogP contribution is 2.14. The molecule has 0 aromatic carbocycles. The van der Waals surface area contributed by atoms with Crippen molar-refractivity contribution in [2.75, 3.05) is 13.2 Å². The number of esters is 2. The van der Waals surface area contributed by atoms with Crippen LogP contribution in [0.4, 0.5) is 4.39 Å². The maximum Gasteiger partial charge on any atom is 0.356 e. The van der Waals surface area contributed by atoms with Gasteiger partial charge in [-0.3, -0.25) is 0 Å².